The number of halogens is 3. The Hall–Kier alpha value is -3.03. The third kappa shape index (κ3) is 5.52. The standard InChI is InChI=1S/C17H16F3N3O2/c18-17(19,20)13-8-4-5-9-14(13)22-23-15(24)10-11-21-16(25)12-6-2-1-3-7-12/h1-9,22H,10-11H2,(H,21,25)(H,23,24). The van der Waals surface area contributed by atoms with Crippen LogP contribution in [0.5, 0.6) is 0 Å². The van der Waals surface area contributed by atoms with E-state index in [2.05, 4.69) is 16.2 Å². The minimum atomic E-state index is -4.53. The van der Waals surface area contributed by atoms with E-state index >= 15 is 0 Å². The number of para-hydroxylation sites is 1. The summed E-state index contributed by atoms with van der Waals surface area (Å²) in [4.78, 5) is 23.5. The fourth-order valence-electron chi connectivity index (χ4n) is 2.02. The van der Waals surface area contributed by atoms with Crippen molar-refractivity contribution in [3.63, 3.8) is 0 Å². The Bertz CT molecular complexity index is 733. The predicted octanol–water partition coefficient (Wildman–Crippen LogP) is 2.97. The summed E-state index contributed by atoms with van der Waals surface area (Å²) >= 11 is 0. The SMILES string of the molecule is O=C(CCNC(=O)c1ccccc1)NNc1ccccc1C(F)(F)F. The van der Waals surface area contributed by atoms with Crippen LogP contribution in [0.25, 0.3) is 0 Å². The lowest BCUT2D eigenvalue weighted by Crippen LogP contribution is -2.34. The van der Waals surface area contributed by atoms with Crippen molar-refractivity contribution in [2.24, 2.45) is 0 Å². The first-order valence-corrected chi connectivity index (χ1v) is 7.42. The minimum Gasteiger partial charge on any atom is -0.352 e. The van der Waals surface area contributed by atoms with E-state index in [1.165, 1.54) is 18.2 Å². The maximum Gasteiger partial charge on any atom is 0.418 e. The van der Waals surface area contributed by atoms with Gasteiger partial charge in [-0.15, -0.1) is 0 Å². The summed E-state index contributed by atoms with van der Waals surface area (Å²) in [7, 11) is 0. The van der Waals surface area contributed by atoms with E-state index in [0.717, 1.165) is 6.07 Å². The Morgan fingerprint density at radius 1 is 0.920 bits per heavy atom. The lowest BCUT2D eigenvalue weighted by molar-refractivity contribution is -0.137. The third-order valence-corrected chi connectivity index (χ3v) is 3.24. The van der Waals surface area contributed by atoms with Crippen LogP contribution < -0.4 is 16.2 Å². The van der Waals surface area contributed by atoms with Crippen LogP contribution in [0.15, 0.2) is 54.6 Å². The average molecular weight is 351 g/mol. The lowest BCUT2D eigenvalue weighted by atomic mass is 10.2. The number of hydrogen-bond donors (Lipinski definition) is 3. The van der Waals surface area contributed by atoms with E-state index in [-0.39, 0.29) is 24.6 Å². The Kier molecular flexibility index (Phi) is 5.99. The van der Waals surface area contributed by atoms with Crippen molar-refractivity contribution in [2.75, 3.05) is 12.0 Å². The fraction of sp³-hybridized carbons (Fsp3) is 0.176. The largest absolute Gasteiger partial charge is 0.418 e. The number of hydrogen-bond acceptors (Lipinski definition) is 3. The van der Waals surface area contributed by atoms with Gasteiger partial charge in [0.25, 0.3) is 5.91 Å². The van der Waals surface area contributed by atoms with Gasteiger partial charge in [-0.2, -0.15) is 13.2 Å². The molecule has 0 atom stereocenters. The van der Waals surface area contributed by atoms with Crippen molar-refractivity contribution in [2.45, 2.75) is 12.6 Å². The van der Waals surface area contributed by atoms with Gasteiger partial charge in [0.05, 0.1) is 11.3 Å². The van der Waals surface area contributed by atoms with Gasteiger partial charge in [-0.25, -0.2) is 0 Å². The third-order valence-electron chi connectivity index (χ3n) is 3.24. The molecule has 0 saturated heterocycles. The summed E-state index contributed by atoms with van der Waals surface area (Å²) in [6, 6.07) is 13.3. The molecule has 0 aliphatic heterocycles. The molecule has 2 aromatic rings. The molecule has 2 rings (SSSR count). The lowest BCUT2D eigenvalue weighted by Gasteiger charge is -2.15. The highest BCUT2D eigenvalue weighted by Gasteiger charge is 2.33. The predicted molar refractivity (Wildman–Crippen MR) is 86.6 cm³/mol. The smallest absolute Gasteiger partial charge is 0.352 e. The monoisotopic (exact) mass is 351 g/mol. The number of amides is 2. The number of nitrogens with one attached hydrogen (secondary N) is 3. The topological polar surface area (TPSA) is 70.2 Å². The maximum absolute atomic E-state index is 12.8. The zero-order chi connectivity index (χ0) is 18.3. The van der Waals surface area contributed by atoms with Gasteiger partial charge in [-0.3, -0.25) is 20.4 Å². The van der Waals surface area contributed by atoms with Gasteiger partial charge in [0.2, 0.25) is 5.91 Å². The van der Waals surface area contributed by atoms with Gasteiger partial charge in [-0.05, 0) is 24.3 Å². The minimum absolute atomic E-state index is 0.0577. The molecule has 0 unspecified atom stereocenters. The first kappa shape index (κ1) is 18.3. The van der Waals surface area contributed by atoms with Crippen LogP contribution in [-0.2, 0) is 11.0 Å². The molecule has 0 heterocycles. The molecule has 0 fully saturated rings. The number of hydrazine groups is 1. The molecule has 132 valence electrons. The Morgan fingerprint density at radius 2 is 1.56 bits per heavy atom. The molecule has 0 bridgehead atoms. The van der Waals surface area contributed by atoms with Crippen molar-refractivity contribution < 1.29 is 22.8 Å². The van der Waals surface area contributed by atoms with Gasteiger partial charge >= 0.3 is 6.18 Å². The molecule has 0 saturated carbocycles. The summed E-state index contributed by atoms with van der Waals surface area (Å²) < 4.78 is 38.5. The van der Waals surface area contributed by atoms with Crippen molar-refractivity contribution in [3.8, 4) is 0 Å². The van der Waals surface area contributed by atoms with Crippen molar-refractivity contribution in [1.29, 1.82) is 0 Å². The highest BCUT2D eigenvalue weighted by molar-refractivity contribution is 5.94. The van der Waals surface area contributed by atoms with Gasteiger partial charge in [0.1, 0.15) is 0 Å². The van der Waals surface area contributed by atoms with E-state index in [4.69, 9.17) is 0 Å². The molecule has 0 aromatic heterocycles. The van der Waals surface area contributed by atoms with E-state index in [1.54, 1.807) is 30.3 Å². The number of alkyl halides is 3. The number of carbonyl (C=O) groups is 2. The molecule has 25 heavy (non-hydrogen) atoms. The zero-order valence-electron chi connectivity index (χ0n) is 13.1. The summed E-state index contributed by atoms with van der Waals surface area (Å²) in [6.45, 7) is 0.0577. The van der Waals surface area contributed by atoms with Crippen LogP contribution in [0.1, 0.15) is 22.3 Å². The molecule has 3 N–H and O–H groups in total. The molecule has 8 heteroatoms. The Morgan fingerprint density at radius 3 is 2.24 bits per heavy atom. The van der Waals surface area contributed by atoms with E-state index in [9.17, 15) is 22.8 Å². The highest BCUT2D eigenvalue weighted by atomic mass is 19.4. The molecular weight excluding hydrogens is 335 g/mol. The number of benzene rings is 2. The second-order valence-electron chi connectivity index (χ2n) is 5.09. The van der Waals surface area contributed by atoms with Crippen LogP contribution in [-0.4, -0.2) is 18.4 Å². The summed E-state index contributed by atoms with van der Waals surface area (Å²) in [5.41, 5.74) is 3.77. The second kappa shape index (κ2) is 8.18. The first-order valence-electron chi connectivity index (χ1n) is 7.42. The molecule has 2 aromatic carbocycles. The van der Waals surface area contributed by atoms with E-state index in [1.807, 2.05) is 0 Å². The molecule has 0 radical (unpaired) electrons. The first-order chi connectivity index (χ1) is 11.9. The summed E-state index contributed by atoms with van der Waals surface area (Å²) in [6.07, 6.45) is -4.61. The van der Waals surface area contributed by atoms with Crippen molar-refractivity contribution >= 4 is 17.5 Å². The van der Waals surface area contributed by atoms with Gasteiger partial charge in [-0.1, -0.05) is 30.3 Å². The summed E-state index contributed by atoms with van der Waals surface area (Å²) in [5, 5.41) is 2.56. The van der Waals surface area contributed by atoms with E-state index < -0.39 is 17.6 Å². The van der Waals surface area contributed by atoms with Crippen molar-refractivity contribution in [3.05, 3.63) is 65.7 Å². The van der Waals surface area contributed by atoms with Crippen LogP contribution in [0, 0.1) is 0 Å². The van der Waals surface area contributed by atoms with Crippen LogP contribution in [0.4, 0.5) is 18.9 Å². The number of rotatable bonds is 6. The zero-order valence-corrected chi connectivity index (χ0v) is 13.1. The molecular formula is C17H16F3N3O2. The molecule has 0 aliphatic rings. The molecule has 0 spiro atoms. The summed E-state index contributed by atoms with van der Waals surface area (Å²) in [5.74, 6) is -0.880. The average Bonchev–Trinajstić information content (AvgIpc) is 2.60. The molecule has 0 aliphatic carbocycles. The van der Waals surface area contributed by atoms with Crippen molar-refractivity contribution in [1.82, 2.24) is 10.7 Å². The van der Waals surface area contributed by atoms with Gasteiger partial charge in [0, 0.05) is 18.5 Å². The number of carbonyl (C=O) groups excluding carboxylic acids is 2. The molecule has 2 amide bonds. The maximum atomic E-state index is 12.8. The number of anilines is 1. The van der Waals surface area contributed by atoms with Crippen LogP contribution >= 0.6 is 0 Å². The normalized spacial score (nSPS) is 10.8. The highest BCUT2D eigenvalue weighted by Crippen LogP contribution is 2.34. The Labute approximate surface area is 142 Å². The Balaban J connectivity index is 1.79. The van der Waals surface area contributed by atoms with Crippen LogP contribution in [0.3, 0.4) is 0 Å². The van der Waals surface area contributed by atoms with E-state index in [0.29, 0.717) is 5.56 Å². The fourth-order valence-corrected chi connectivity index (χ4v) is 2.02. The molecule has 5 nitrogen and oxygen atoms in total. The quantitative estimate of drug-likeness (QED) is 0.701. The van der Waals surface area contributed by atoms with Gasteiger partial charge in [0.15, 0.2) is 0 Å². The van der Waals surface area contributed by atoms with Gasteiger partial charge < -0.3 is 5.32 Å². The second-order valence-corrected chi connectivity index (χ2v) is 5.09. The van der Waals surface area contributed by atoms with Crippen LogP contribution in [0.2, 0.25) is 0 Å².